The Labute approximate surface area is 203 Å². The molecule has 0 aliphatic carbocycles. The summed E-state index contributed by atoms with van der Waals surface area (Å²) in [5.41, 5.74) is 3.88. The minimum absolute atomic E-state index is 0.211. The van der Waals surface area contributed by atoms with Crippen LogP contribution in [0.2, 0.25) is 5.02 Å². The molecule has 8 heteroatoms. The lowest BCUT2D eigenvalue weighted by atomic mass is 10.1. The summed E-state index contributed by atoms with van der Waals surface area (Å²) in [5, 5.41) is 15.4. The Morgan fingerprint density at radius 2 is 1.62 bits per heavy atom. The van der Waals surface area contributed by atoms with E-state index < -0.39 is 5.97 Å². The topological polar surface area (TPSA) is 96.9 Å². The molecule has 0 fully saturated rings. The van der Waals surface area contributed by atoms with Crippen molar-refractivity contribution in [2.24, 2.45) is 0 Å². The summed E-state index contributed by atoms with van der Waals surface area (Å²) >= 11 is 6.45. The largest absolute Gasteiger partial charge is 0.490 e. The molecule has 0 aliphatic rings. The molecule has 34 heavy (non-hydrogen) atoms. The van der Waals surface area contributed by atoms with Crippen LogP contribution < -0.4 is 20.1 Å². The smallest absolute Gasteiger partial charge is 0.335 e. The van der Waals surface area contributed by atoms with Gasteiger partial charge in [0.15, 0.2) is 18.1 Å². The Morgan fingerprint density at radius 3 is 2.26 bits per heavy atom. The normalized spacial score (nSPS) is 10.6. The van der Waals surface area contributed by atoms with Crippen LogP contribution in [-0.4, -0.2) is 30.2 Å². The first-order valence-corrected chi connectivity index (χ1v) is 11.2. The van der Waals surface area contributed by atoms with E-state index in [1.807, 2.05) is 44.2 Å². The molecule has 7 nitrogen and oxygen atoms in total. The van der Waals surface area contributed by atoms with Gasteiger partial charge in [0, 0.05) is 18.8 Å². The molecule has 0 atom stereocenters. The Bertz CT molecular complexity index is 1130. The molecule has 0 saturated carbocycles. The van der Waals surface area contributed by atoms with Gasteiger partial charge >= 0.3 is 5.97 Å². The van der Waals surface area contributed by atoms with Gasteiger partial charge in [0.05, 0.1) is 17.2 Å². The Hall–Kier alpha value is -3.55. The first kappa shape index (κ1) is 25.1. The summed E-state index contributed by atoms with van der Waals surface area (Å²) < 4.78 is 11.4. The van der Waals surface area contributed by atoms with E-state index in [2.05, 4.69) is 10.6 Å². The second-order valence-corrected chi connectivity index (χ2v) is 8.05. The maximum absolute atomic E-state index is 12.3. The fourth-order valence-electron chi connectivity index (χ4n) is 3.21. The Morgan fingerprint density at radius 1 is 0.941 bits per heavy atom. The predicted octanol–water partition coefficient (Wildman–Crippen LogP) is 5.05. The van der Waals surface area contributed by atoms with Crippen molar-refractivity contribution in [3.8, 4) is 11.5 Å². The number of aromatic carboxylic acids is 1. The molecule has 3 aromatic rings. The van der Waals surface area contributed by atoms with E-state index in [1.54, 1.807) is 30.3 Å². The number of nitrogens with one attached hydrogen (secondary N) is 2. The van der Waals surface area contributed by atoms with Crippen molar-refractivity contribution in [2.75, 3.05) is 18.5 Å². The van der Waals surface area contributed by atoms with Gasteiger partial charge in [0.1, 0.15) is 0 Å². The van der Waals surface area contributed by atoms with Gasteiger partial charge in [0.2, 0.25) is 0 Å². The number of ether oxygens (including phenoxy) is 2. The van der Waals surface area contributed by atoms with Crippen LogP contribution in [-0.2, 0) is 17.9 Å². The average Bonchev–Trinajstić information content (AvgIpc) is 2.80. The molecule has 1 amide bonds. The van der Waals surface area contributed by atoms with Crippen molar-refractivity contribution < 1.29 is 24.2 Å². The number of carbonyl (C=O) groups is 2. The van der Waals surface area contributed by atoms with E-state index in [-0.39, 0.29) is 18.1 Å². The van der Waals surface area contributed by atoms with Gasteiger partial charge in [-0.3, -0.25) is 4.79 Å². The molecule has 0 aromatic heterocycles. The summed E-state index contributed by atoms with van der Waals surface area (Å²) in [6, 6.07) is 17.8. The number of anilines is 1. The maximum atomic E-state index is 12.3. The summed E-state index contributed by atoms with van der Waals surface area (Å²) in [4.78, 5) is 23.3. The maximum Gasteiger partial charge on any atom is 0.335 e. The van der Waals surface area contributed by atoms with E-state index in [0.29, 0.717) is 41.9 Å². The van der Waals surface area contributed by atoms with Crippen LogP contribution in [0.1, 0.15) is 34.0 Å². The van der Waals surface area contributed by atoms with Gasteiger partial charge in [0.25, 0.3) is 5.91 Å². The van der Waals surface area contributed by atoms with Crippen molar-refractivity contribution in [3.05, 3.63) is 87.9 Å². The van der Waals surface area contributed by atoms with E-state index >= 15 is 0 Å². The summed E-state index contributed by atoms with van der Waals surface area (Å²) in [5.74, 6) is -0.481. The van der Waals surface area contributed by atoms with Gasteiger partial charge in [-0.05, 0) is 61.4 Å². The van der Waals surface area contributed by atoms with E-state index in [0.717, 1.165) is 16.7 Å². The fraction of sp³-hybridized carbons (Fsp3) is 0.231. The number of carboxylic acid groups (broad SMARTS) is 1. The molecule has 0 bridgehead atoms. The first-order valence-electron chi connectivity index (χ1n) is 10.8. The third-order valence-corrected chi connectivity index (χ3v) is 5.19. The predicted molar refractivity (Wildman–Crippen MR) is 132 cm³/mol. The minimum Gasteiger partial charge on any atom is -0.490 e. The molecule has 0 saturated heterocycles. The van der Waals surface area contributed by atoms with Gasteiger partial charge in [-0.2, -0.15) is 0 Å². The molecule has 0 radical (unpaired) electrons. The average molecular weight is 483 g/mol. The van der Waals surface area contributed by atoms with Crippen LogP contribution in [0.5, 0.6) is 11.5 Å². The molecular weight excluding hydrogens is 456 g/mol. The van der Waals surface area contributed by atoms with Crippen LogP contribution in [0.3, 0.4) is 0 Å². The van der Waals surface area contributed by atoms with E-state index in [9.17, 15) is 9.59 Å². The Kier molecular flexibility index (Phi) is 8.90. The monoisotopic (exact) mass is 482 g/mol. The Balaban J connectivity index is 1.59. The van der Waals surface area contributed by atoms with Gasteiger partial charge in [-0.15, -0.1) is 0 Å². The van der Waals surface area contributed by atoms with Crippen LogP contribution in [0, 0.1) is 6.92 Å². The molecule has 178 valence electrons. The third kappa shape index (κ3) is 7.23. The lowest BCUT2D eigenvalue weighted by Gasteiger charge is -2.16. The molecule has 0 heterocycles. The molecule has 0 aliphatic heterocycles. The van der Waals surface area contributed by atoms with Crippen LogP contribution in [0.15, 0.2) is 60.7 Å². The standard InChI is InChI=1S/C26H27ClN2O5/c1-3-33-23-13-19(15-28-14-18-6-8-20(9-7-18)26(31)32)12-22(27)25(23)34-16-24(30)29-21-10-4-17(2)5-11-21/h4-13,28H,3,14-16H2,1-2H3,(H,29,30)(H,31,32). The summed E-state index contributed by atoms with van der Waals surface area (Å²) in [7, 11) is 0. The summed E-state index contributed by atoms with van der Waals surface area (Å²) in [6.07, 6.45) is 0. The third-order valence-electron chi connectivity index (χ3n) is 4.91. The second kappa shape index (κ2) is 12.1. The molecule has 0 spiro atoms. The number of aryl methyl sites for hydroxylation is 1. The number of halogens is 1. The number of carboxylic acids is 1. The second-order valence-electron chi connectivity index (χ2n) is 7.65. The molecular formula is C26H27ClN2O5. The van der Waals surface area contributed by atoms with Crippen molar-refractivity contribution in [1.29, 1.82) is 0 Å². The van der Waals surface area contributed by atoms with Crippen LogP contribution >= 0.6 is 11.6 Å². The van der Waals surface area contributed by atoms with Gasteiger partial charge in [-0.1, -0.05) is 41.4 Å². The number of benzene rings is 3. The lowest BCUT2D eigenvalue weighted by Crippen LogP contribution is -2.20. The highest BCUT2D eigenvalue weighted by molar-refractivity contribution is 6.32. The quantitative estimate of drug-likeness (QED) is 0.354. The minimum atomic E-state index is -0.951. The highest BCUT2D eigenvalue weighted by atomic mass is 35.5. The highest BCUT2D eigenvalue weighted by Gasteiger charge is 2.15. The van der Waals surface area contributed by atoms with Gasteiger partial charge in [-0.25, -0.2) is 4.79 Å². The lowest BCUT2D eigenvalue weighted by molar-refractivity contribution is -0.118. The molecule has 0 unspecified atom stereocenters. The zero-order chi connectivity index (χ0) is 24.5. The van der Waals surface area contributed by atoms with Crippen molar-refractivity contribution in [3.63, 3.8) is 0 Å². The number of rotatable bonds is 11. The van der Waals surface area contributed by atoms with Crippen LogP contribution in [0.4, 0.5) is 5.69 Å². The van der Waals surface area contributed by atoms with Gasteiger partial charge < -0.3 is 25.2 Å². The SMILES string of the molecule is CCOc1cc(CNCc2ccc(C(=O)O)cc2)cc(Cl)c1OCC(=O)Nc1ccc(C)cc1. The van der Waals surface area contributed by atoms with Crippen molar-refractivity contribution in [1.82, 2.24) is 5.32 Å². The van der Waals surface area contributed by atoms with Crippen molar-refractivity contribution >= 4 is 29.2 Å². The molecule has 3 aromatic carbocycles. The molecule has 3 N–H and O–H groups in total. The highest BCUT2D eigenvalue weighted by Crippen LogP contribution is 2.36. The zero-order valence-electron chi connectivity index (χ0n) is 19.1. The van der Waals surface area contributed by atoms with Crippen LogP contribution in [0.25, 0.3) is 0 Å². The fourth-order valence-corrected chi connectivity index (χ4v) is 3.50. The van der Waals surface area contributed by atoms with E-state index in [4.69, 9.17) is 26.2 Å². The first-order chi connectivity index (χ1) is 16.4. The number of hydrogen-bond donors (Lipinski definition) is 3. The van der Waals surface area contributed by atoms with Crippen molar-refractivity contribution in [2.45, 2.75) is 26.9 Å². The summed E-state index contributed by atoms with van der Waals surface area (Å²) in [6.45, 7) is 5.09. The molecule has 3 rings (SSSR count). The number of amides is 1. The number of hydrogen-bond acceptors (Lipinski definition) is 5. The van der Waals surface area contributed by atoms with E-state index in [1.165, 1.54) is 0 Å². The number of carbonyl (C=O) groups excluding carboxylic acids is 1. The zero-order valence-corrected chi connectivity index (χ0v) is 19.8.